The van der Waals surface area contributed by atoms with Crippen molar-refractivity contribution in [3.05, 3.63) is 62.8 Å². The summed E-state index contributed by atoms with van der Waals surface area (Å²) in [4.78, 5) is 2.37. The van der Waals surface area contributed by atoms with Crippen LogP contribution in [-0.2, 0) is 4.74 Å². The van der Waals surface area contributed by atoms with Crippen molar-refractivity contribution in [1.82, 2.24) is 15.1 Å². The Labute approximate surface area is 203 Å². The molecule has 0 saturated carbocycles. The summed E-state index contributed by atoms with van der Waals surface area (Å²) >= 11 is 0. The van der Waals surface area contributed by atoms with E-state index in [0.717, 1.165) is 72.9 Å². The number of hydrogen-bond donors (Lipinski definition) is 2. The van der Waals surface area contributed by atoms with Crippen LogP contribution >= 0.6 is 0 Å². The van der Waals surface area contributed by atoms with Crippen LogP contribution in [0.3, 0.4) is 0 Å². The number of anilines is 1. The summed E-state index contributed by atoms with van der Waals surface area (Å²) in [5.41, 5.74) is 4.85. The summed E-state index contributed by atoms with van der Waals surface area (Å²) in [6.45, 7) is 13.5. The molecule has 7 heteroatoms. The van der Waals surface area contributed by atoms with E-state index >= 15 is 0 Å². The molecule has 2 heterocycles. The van der Waals surface area contributed by atoms with E-state index in [0.29, 0.717) is 5.56 Å². The molecule has 0 radical (unpaired) electrons. The van der Waals surface area contributed by atoms with E-state index in [-0.39, 0.29) is 6.04 Å². The van der Waals surface area contributed by atoms with Crippen molar-refractivity contribution in [3.8, 4) is 6.07 Å². The van der Waals surface area contributed by atoms with E-state index in [1.807, 2.05) is 32.9 Å². The number of aryl methyl sites for hydroxylation is 1. The number of allylic oxidation sites excluding steroid dienone is 2. The van der Waals surface area contributed by atoms with E-state index in [1.165, 1.54) is 5.70 Å². The largest absolute Gasteiger partial charge is 0.400 e. The monoisotopic (exact) mass is 463 g/mol. The van der Waals surface area contributed by atoms with Gasteiger partial charge < -0.3 is 20.1 Å². The lowest BCUT2D eigenvalue weighted by Gasteiger charge is -2.30. The number of nitrogens with zero attached hydrogens (tertiary/aromatic N) is 4. The number of nitrogens with one attached hydrogen (secondary N) is 1. The van der Waals surface area contributed by atoms with Crippen molar-refractivity contribution >= 4 is 18.0 Å². The van der Waals surface area contributed by atoms with Gasteiger partial charge in [0.25, 0.3) is 0 Å². The second-order valence-corrected chi connectivity index (χ2v) is 8.03. The number of nitriles is 1. The molecule has 1 fully saturated rings. The molecule has 2 aromatic rings. The highest BCUT2D eigenvalue weighted by Crippen LogP contribution is 2.22. The Kier molecular flexibility index (Phi) is 10.7. The third-order valence-electron chi connectivity index (χ3n) is 5.92. The van der Waals surface area contributed by atoms with Gasteiger partial charge in [-0.15, -0.1) is 5.10 Å². The zero-order valence-electron chi connectivity index (χ0n) is 21.2. The summed E-state index contributed by atoms with van der Waals surface area (Å²) in [5, 5.41) is 31.0. The first-order chi connectivity index (χ1) is 16.5. The number of rotatable bonds is 6. The minimum absolute atomic E-state index is 0.0286. The first-order valence-corrected chi connectivity index (χ1v) is 11.7. The van der Waals surface area contributed by atoms with Crippen molar-refractivity contribution in [3.63, 3.8) is 0 Å². The van der Waals surface area contributed by atoms with Gasteiger partial charge in [0.05, 0.1) is 36.6 Å². The minimum atomic E-state index is -0.0286. The van der Waals surface area contributed by atoms with E-state index < -0.39 is 0 Å². The molecule has 7 nitrogen and oxygen atoms in total. The Morgan fingerprint density at radius 2 is 1.94 bits per heavy atom. The van der Waals surface area contributed by atoms with Crippen LogP contribution in [0.1, 0.15) is 55.6 Å². The lowest BCUT2D eigenvalue weighted by molar-refractivity contribution is 0.0561. The number of aromatic nitrogens is 2. The number of ether oxygens (including phenoxy) is 1. The smallest absolute Gasteiger partial charge is 0.157 e. The SMILES string of the molecule is C/C=c1/c(C)nnc(N[C@H](C)c2cccc(C#N)c2C)/c1=C/C(=C/CC)N1CCOCC1.CO. The highest BCUT2D eigenvalue weighted by Gasteiger charge is 2.15. The standard InChI is InChI=1S/C26H33N5O.CH4O/c1-6-9-22(31-12-14-32-15-13-31)16-25-23(7-2)20(5)29-30-26(25)28-19(4)24-11-8-10-21(17-27)18(24)3;1-2/h7-11,16,19H,6,12-15H2,1-5H3,(H,28,30);2H,1H3/b22-9-,23-7-,25-16+;/t19-;/m1./s1. The minimum Gasteiger partial charge on any atom is -0.400 e. The zero-order valence-corrected chi connectivity index (χ0v) is 21.2. The topological polar surface area (TPSA) is 94.3 Å². The lowest BCUT2D eigenvalue weighted by atomic mass is 9.98. The second kappa shape index (κ2) is 13.5. The Hall–Kier alpha value is -3.21. The third-order valence-corrected chi connectivity index (χ3v) is 5.92. The summed E-state index contributed by atoms with van der Waals surface area (Å²) in [5.74, 6) is 0.744. The zero-order chi connectivity index (χ0) is 25.1. The van der Waals surface area contributed by atoms with E-state index in [1.54, 1.807) is 0 Å². The molecule has 3 rings (SSSR count). The fourth-order valence-electron chi connectivity index (χ4n) is 4.16. The summed E-state index contributed by atoms with van der Waals surface area (Å²) in [6, 6.07) is 8.09. The molecule has 1 aliphatic rings. The molecule has 1 aliphatic heterocycles. The van der Waals surface area contributed by atoms with Crippen LogP contribution in [0.4, 0.5) is 5.82 Å². The molecule has 182 valence electrons. The van der Waals surface area contributed by atoms with Crippen LogP contribution < -0.4 is 15.8 Å². The number of aliphatic hydroxyl groups excluding tert-OH is 1. The van der Waals surface area contributed by atoms with Gasteiger partial charge in [0.1, 0.15) is 0 Å². The first kappa shape index (κ1) is 27.0. The van der Waals surface area contributed by atoms with Gasteiger partial charge in [0.15, 0.2) is 5.82 Å². The Morgan fingerprint density at radius 1 is 1.24 bits per heavy atom. The molecule has 1 saturated heterocycles. The van der Waals surface area contributed by atoms with Gasteiger partial charge in [-0.3, -0.25) is 0 Å². The molecule has 1 aromatic heterocycles. The predicted molar refractivity (Wildman–Crippen MR) is 137 cm³/mol. The average molecular weight is 464 g/mol. The van der Waals surface area contributed by atoms with Gasteiger partial charge in [0, 0.05) is 36.3 Å². The maximum absolute atomic E-state index is 9.41. The van der Waals surface area contributed by atoms with Crippen LogP contribution in [0, 0.1) is 25.2 Å². The molecule has 1 atom stereocenters. The molecule has 0 spiro atoms. The molecule has 34 heavy (non-hydrogen) atoms. The van der Waals surface area contributed by atoms with Gasteiger partial charge in [-0.2, -0.15) is 10.4 Å². The quantitative estimate of drug-likeness (QED) is 0.680. The van der Waals surface area contributed by atoms with Crippen molar-refractivity contribution in [1.29, 1.82) is 5.26 Å². The predicted octanol–water partition coefficient (Wildman–Crippen LogP) is 2.95. The molecular formula is C27H37N5O2. The molecule has 2 N–H and O–H groups in total. The van der Waals surface area contributed by atoms with E-state index in [9.17, 15) is 5.26 Å². The van der Waals surface area contributed by atoms with Gasteiger partial charge in [-0.25, -0.2) is 0 Å². The average Bonchev–Trinajstić information content (AvgIpc) is 2.87. The van der Waals surface area contributed by atoms with Gasteiger partial charge in [0.2, 0.25) is 0 Å². The Bertz CT molecular complexity index is 1140. The fraction of sp³-hybridized carbons (Fsp3) is 0.444. The molecule has 0 bridgehead atoms. The normalized spacial score (nSPS) is 15.9. The maximum Gasteiger partial charge on any atom is 0.157 e. The highest BCUT2D eigenvalue weighted by molar-refractivity contribution is 5.55. The Balaban J connectivity index is 0.00000199. The van der Waals surface area contributed by atoms with Crippen molar-refractivity contribution < 1.29 is 9.84 Å². The van der Waals surface area contributed by atoms with Gasteiger partial charge >= 0.3 is 0 Å². The molecule has 0 unspecified atom stereocenters. The van der Waals surface area contributed by atoms with Crippen LogP contribution in [0.15, 0.2) is 30.0 Å². The number of morpholine rings is 1. The molecule has 1 aromatic carbocycles. The molecular weight excluding hydrogens is 426 g/mol. The number of hydrogen-bond acceptors (Lipinski definition) is 7. The third kappa shape index (κ3) is 6.43. The summed E-state index contributed by atoms with van der Waals surface area (Å²) in [7, 11) is 1.00. The molecule has 0 aliphatic carbocycles. The van der Waals surface area contributed by atoms with E-state index in [4.69, 9.17) is 9.84 Å². The van der Waals surface area contributed by atoms with Crippen LogP contribution in [0.25, 0.3) is 12.2 Å². The summed E-state index contributed by atoms with van der Waals surface area (Å²) in [6.07, 6.45) is 7.52. The van der Waals surface area contributed by atoms with Crippen molar-refractivity contribution in [2.24, 2.45) is 0 Å². The van der Waals surface area contributed by atoms with Gasteiger partial charge in [-0.05, 0) is 57.4 Å². The fourth-order valence-corrected chi connectivity index (χ4v) is 4.16. The van der Waals surface area contributed by atoms with Crippen molar-refractivity contribution in [2.75, 3.05) is 38.7 Å². The first-order valence-electron chi connectivity index (χ1n) is 11.7. The molecule has 0 amide bonds. The van der Waals surface area contributed by atoms with E-state index in [2.05, 4.69) is 64.6 Å². The number of benzene rings is 1. The summed E-state index contributed by atoms with van der Waals surface area (Å²) < 4.78 is 5.55. The second-order valence-electron chi connectivity index (χ2n) is 8.03. The van der Waals surface area contributed by atoms with Crippen LogP contribution in [0.5, 0.6) is 0 Å². The van der Waals surface area contributed by atoms with Crippen LogP contribution in [-0.4, -0.2) is 53.6 Å². The van der Waals surface area contributed by atoms with Crippen molar-refractivity contribution in [2.45, 2.75) is 47.1 Å². The maximum atomic E-state index is 9.41. The van der Waals surface area contributed by atoms with Crippen LogP contribution in [0.2, 0.25) is 0 Å². The van der Waals surface area contributed by atoms with Gasteiger partial charge in [-0.1, -0.05) is 31.2 Å². The number of aliphatic hydroxyl groups is 1. The lowest BCUT2D eigenvalue weighted by Crippen LogP contribution is -2.38. The highest BCUT2D eigenvalue weighted by atomic mass is 16.5. The Morgan fingerprint density at radius 3 is 2.56 bits per heavy atom.